The van der Waals surface area contributed by atoms with Gasteiger partial charge in [0.15, 0.2) is 0 Å². The number of hydrogen-bond acceptors (Lipinski definition) is 15. The van der Waals surface area contributed by atoms with Crippen molar-refractivity contribution in [2.45, 2.75) is 25.3 Å². The van der Waals surface area contributed by atoms with Crippen LogP contribution in [0.2, 0.25) is 5.02 Å². The number of aromatic nitrogens is 2. The maximum atomic E-state index is 13.7. The third kappa shape index (κ3) is 11.8. The molecule has 4 heterocycles. The molecular weight excluding hydrogens is 881 g/mol. The number of anilines is 4. The summed E-state index contributed by atoms with van der Waals surface area (Å²) in [7, 11) is 1.49. The van der Waals surface area contributed by atoms with Gasteiger partial charge >= 0.3 is 0 Å². The first-order valence-electron chi connectivity index (χ1n) is 21.3. The predicted molar refractivity (Wildman–Crippen MR) is 240 cm³/mol. The van der Waals surface area contributed by atoms with Crippen molar-refractivity contribution in [1.29, 1.82) is 0 Å². The number of nitrogens with one attached hydrogen (secondary N) is 4. The summed E-state index contributed by atoms with van der Waals surface area (Å²) in [6.45, 7) is 5.14. The number of carbonyl (C=O) groups is 6. The van der Waals surface area contributed by atoms with Crippen LogP contribution in [0.4, 0.5) is 27.3 Å². The number of amides is 6. The van der Waals surface area contributed by atoms with Crippen LogP contribution in [0.25, 0.3) is 10.9 Å². The molecule has 3 aromatic carbocycles. The Kier molecular flexibility index (Phi) is 16.2. The second-order valence-corrected chi connectivity index (χ2v) is 15.7. The molecule has 0 saturated carbocycles. The maximum Gasteiger partial charge on any atom is 0.264 e. The van der Waals surface area contributed by atoms with Crippen molar-refractivity contribution in [3.8, 4) is 5.75 Å². The van der Waals surface area contributed by atoms with E-state index in [0.29, 0.717) is 112 Å². The third-order valence-corrected chi connectivity index (χ3v) is 11.3. The van der Waals surface area contributed by atoms with E-state index in [1.807, 2.05) is 0 Å². The summed E-state index contributed by atoms with van der Waals surface area (Å²) in [5.74, 6) is -2.31. The molecule has 0 radical (unpaired) electrons. The second kappa shape index (κ2) is 22.6. The number of carbonyl (C=O) groups excluding carboxylic acids is 6. The van der Waals surface area contributed by atoms with E-state index in [9.17, 15) is 33.2 Å². The molecule has 1 atom stereocenters. The average Bonchev–Trinajstić information content (AvgIpc) is 3.56. The van der Waals surface area contributed by atoms with Crippen molar-refractivity contribution in [1.82, 2.24) is 30.0 Å². The van der Waals surface area contributed by atoms with Crippen LogP contribution in [-0.2, 0) is 33.4 Å². The molecule has 7 rings (SSSR count). The highest BCUT2D eigenvalue weighted by molar-refractivity contribution is 6.31. The fraction of sp³-hybridized carbons (Fsp3) is 0.378. The molecule has 19 nitrogen and oxygen atoms in total. The quantitative estimate of drug-likeness (QED) is 0.0531. The smallest absolute Gasteiger partial charge is 0.264 e. The van der Waals surface area contributed by atoms with Crippen LogP contribution >= 0.6 is 11.6 Å². The van der Waals surface area contributed by atoms with Crippen molar-refractivity contribution < 1.29 is 52.1 Å². The van der Waals surface area contributed by atoms with Gasteiger partial charge in [-0.2, -0.15) is 0 Å². The van der Waals surface area contributed by atoms with E-state index in [1.165, 1.54) is 43.8 Å². The minimum absolute atomic E-state index is 0.00474. The standard InChI is InChI=1S/C45H49ClFN9O10/c1-63-37-26-34-30(42(50-27-49-34)51-28-7-8-32(47)31(46)24-28)25-35(37)52-38(57)6-3-13-54-14-16-55(17-15-54)40(59)11-18-64-20-22-66-23-21-65-19-12-48-33-5-2-4-29-41(33)45(62)56(44(29)61)36-9-10-39(58)53-43(36)60/h2-8,24-27,36,48H,9-23H2,1H3,(H,52,57)(H,49,50,51)(H,53,58,60)/b6-3+. The van der Waals surface area contributed by atoms with Gasteiger partial charge in [-0.1, -0.05) is 23.7 Å². The predicted octanol–water partition coefficient (Wildman–Crippen LogP) is 3.77. The minimum atomic E-state index is -1.04. The number of rotatable bonds is 21. The number of piperidine rings is 1. The van der Waals surface area contributed by atoms with Gasteiger partial charge in [0.1, 0.15) is 29.8 Å². The van der Waals surface area contributed by atoms with Crippen molar-refractivity contribution in [3.05, 3.63) is 89.0 Å². The molecule has 66 heavy (non-hydrogen) atoms. The minimum Gasteiger partial charge on any atom is -0.494 e. The van der Waals surface area contributed by atoms with Crippen molar-refractivity contribution >= 4 is 80.8 Å². The Balaban J connectivity index is 0.728. The topological polar surface area (TPSA) is 223 Å². The number of benzene rings is 3. The number of methoxy groups -OCH3 is 1. The van der Waals surface area contributed by atoms with Crippen LogP contribution in [0, 0.1) is 5.82 Å². The van der Waals surface area contributed by atoms with Crippen LogP contribution in [0.5, 0.6) is 5.75 Å². The largest absolute Gasteiger partial charge is 0.494 e. The summed E-state index contributed by atoms with van der Waals surface area (Å²) in [6.07, 6.45) is 4.97. The van der Waals surface area contributed by atoms with Gasteiger partial charge in [0.25, 0.3) is 11.8 Å². The van der Waals surface area contributed by atoms with Crippen LogP contribution < -0.4 is 26.0 Å². The van der Waals surface area contributed by atoms with Crippen LogP contribution in [0.3, 0.4) is 0 Å². The second-order valence-electron chi connectivity index (χ2n) is 15.3. The molecule has 2 fully saturated rings. The Morgan fingerprint density at radius 1 is 0.909 bits per heavy atom. The van der Waals surface area contributed by atoms with E-state index in [4.69, 9.17) is 30.5 Å². The van der Waals surface area contributed by atoms with E-state index in [-0.39, 0.29) is 53.8 Å². The highest BCUT2D eigenvalue weighted by Crippen LogP contribution is 2.34. The molecule has 0 aliphatic carbocycles. The molecule has 348 valence electrons. The van der Waals surface area contributed by atoms with Crippen molar-refractivity contribution in [2.75, 3.05) is 102 Å². The number of piperazine rings is 1. The lowest BCUT2D eigenvalue weighted by Gasteiger charge is -2.34. The number of hydrogen-bond donors (Lipinski definition) is 4. The number of nitrogens with zero attached hydrogens (tertiary/aromatic N) is 5. The molecule has 0 spiro atoms. The Hall–Kier alpha value is -6.58. The van der Waals surface area contributed by atoms with Gasteiger partial charge in [-0.15, -0.1) is 0 Å². The van der Waals surface area contributed by atoms with E-state index in [2.05, 4.69) is 36.1 Å². The van der Waals surface area contributed by atoms with E-state index < -0.39 is 35.5 Å². The van der Waals surface area contributed by atoms with Gasteiger partial charge in [-0.05, 0) is 42.8 Å². The average molecular weight is 930 g/mol. The Labute approximate surface area is 383 Å². The summed E-state index contributed by atoms with van der Waals surface area (Å²) in [5.41, 5.74) is 2.32. The van der Waals surface area contributed by atoms with Crippen LogP contribution in [0.1, 0.15) is 40.0 Å². The summed E-state index contributed by atoms with van der Waals surface area (Å²) in [4.78, 5) is 89.4. The zero-order chi connectivity index (χ0) is 46.6. The molecule has 1 aromatic heterocycles. The Morgan fingerprint density at radius 3 is 2.41 bits per heavy atom. The van der Waals surface area contributed by atoms with E-state index in [0.717, 1.165) is 4.90 Å². The first-order chi connectivity index (χ1) is 32.0. The maximum absolute atomic E-state index is 13.7. The fourth-order valence-electron chi connectivity index (χ4n) is 7.60. The van der Waals surface area contributed by atoms with Gasteiger partial charge in [0.2, 0.25) is 23.6 Å². The number of fused-ring (bicyclic) bond motifs is 2. The zero-order valence-corrected chi connectivity index (χ0v) is 36.9. The zero-order valence-electron chi connectivity index (χ0n) is 36.1. The van der Waals surface area contributed by atoms with Gasteiger partial charge in [-0.3, -0.25) is 43.9 Å². The molecule has 4 N–H and O–H groups in total. The molecule has 3 aliphatic heterocycles. The monoisotopic (exact) mass is 929 g/mol. The lowest BCUT2D eigenvalue weighted by molar-refractivity contribution is -0.136. The summed E-state index contributed by atoms with van der Waals surface area (Å²) in [6, 6.07) is 11.4. The molecule has 3 aliphatic rings. The molecule has 4 aromatic rings. The molecule has 1 unspecified atom stereocenters. The highest BCUT2D eigenvalue weighted by atomic mass is 35.5. The first kappa shape index (κ1) is 47.4. The SMILES string of the molecule is COc1cc2ncnc(Nc3ccc(F)c(Cl)c3)c2cc1NC(=O)/C=C/CN1CCN(C(=O)CCOCCOCCOCCNc2cccc3c2C(=O)N(C2CCC(=O)NC2=O)C3=O)CC1. The number of ether oxygens (including phenoxy) is 4. The molecule has 0 bridgehead atoms. The van der Waals surface area contributed by atoms with Crippen molar-refractivity contribution in [2.24, 2.45) is 0 Å². The number of imide groups is 2. The molecular formula is C45H49ClFN9O10. The summed E-state index contributed by atoms with van der Waals surface area (Å²) >= 11 is 5.95. The van der Waals surface area contributed by atoms with Crippen LogP contribution in [0.15, 0.2) is 67.0 Å². The molecule has 2 saturated heterocycles. The summed E-state index contributed by atoms with van der Waals surface area (Å²) < 4.78 is 36.0. The normalized spacial score (nSPS) is 16.5. The van der Waals surface area contributed by atoms with E-state index >= 15 is 0 Å². The van der Waals surface area contributed by atoms with E-state index in [1.54, 1.807) is 35.2 Å². The fourth-order valence-corrected chi connectivity index (χ4v) is 7.78. The third-order valence-electron chi connectivity index (χ3n) is 11.0. The summed E-state index contributed by atoms with van der Waals surface area (Å²) in [5, 5.41) is 11.8. The first-order valence-corrected chi connectivity index (χ1v) is 21.7. The Bertz CT molecular complexity index is 2500. The lowest BCUT2D eigenvalue weighted by Crippen LogP contribution is -2.54. The van der Waals surface area contributed by atoms with Gasteiger partial charge < -0.3 is 39.8 Å². The van der Waals surface area contributed by atoms with Gasteiger partial charge in [0, 0.05) is 74.6 Å². The molecule has 21 heteroatoms. The van der Waals surface area contributed by atoms with Gasteiger partial charge in [0.05, 0.1) is 80.5 Å². The van der Waals surface area contributed by atoms with Gasteiger partial charge in [-0.25, -0.2) is 14.4 Å². The molecule has 6 amide bonds. The van der Waals surface area contributed by atoms with Crippen LogP contribution in [-0.4, -0.2) is 152 Å². The highest BCUT2D eigenvalue weighted by Gasteiger charge is 2.45. The van der Waals surface area contributed by atoms with Crippen molar-refractivity contribution in [3.63, 3.8) is 0 Å². The number of halogens is 2. The Morgan fingerprint density at radius 2 is 1.67 bits per heavy atom. The lowest BCUT2D eigenvalue weighted by atomic mass is 10.0.